The number of carbonyl (C=O) groups is 4. The lowest BCUT2D eigenvalue weighted by Crippen LogP contribution is -2.71. The molecule has 1 saturated carbocycles. The molecule has 1 aliphatic carbocycles. The molecule has 3 heterocycles. The lowest BCUT2D eigenvalue weighted by Gasteiger charge is -2.49. The maximum Gasteiger partial charge on any atom is 0.353 e. The first-order chi connectivity index (χ1) is 14.9. The first-order valence-corrected chi connectivity index (χ1v) is 12.3. The van der Waals surface area contributed by atoms with Crippen molar-refractivity contribution in [3.8, 4) is 0 Å². The molecule has 2 aliphatic heterocycles. The van der Waals surface area contributed by atoms with Crippen molar-refractivity contribution in [3.63, 3.8) is 0 Å². The van der Waals surface area contributed by atoms with Crippen LogP contribution in [0.25, 0.3) is 0 Å². The van der Waals surface area contributed by atoms with E-state index in [0.29, 0.717) is 17.1 Å². The molecule has 1 aromatic heterocycles. The maximum atomic E-state index is 12.9. The number of thioether (sulfide) groups is 2. The number of oxime groups is 1. The van der Waals surface area contributed by atoms with Crippen molar-refractivity contribution in [2.45, 2.75) is 30.4 Å². The number of hydrogen-bond donors (Lipinski definition) is 3. The Labute approximate surface area is 188 Å². The Balaban J connectivity index is 1.52. The molecular formula is C17H17N5O6S3. The summed E-state index contributed by atoms with van der Waals surface area (Å²) in [7, 11) is 0. The highest BCUT2D eigenvalue weighted by molar-refractivity contribution is 8.05. The van der Waals surface area contributed by atoms with Crippen LogP contribution < -0.4 is 10.6 Å². The second-order valence-electron chi connectivity index (χ2n) is 6.69. The average molecular weight is 484 g/mol. The SMILES string of the molecule is CSC1=C(C(=O)O)N2C(=O)[C@@H](NC(=O)C(=NOC3CC3)c3csc(NC=O)n3)[C@@H]2SC1. The summed E-state index contributed by atoms with van der Waals surface area (Å²) >= 11 is 3.78. The Kier molecular flexibility index (Phi) is 6.20. The molecule has 4 rings (SSSR count). The molecular weight excluding hydrogens is 466 g/mol. The van der Waals surface area contributed by atoms with Gasteiger partial charge in [0.25, 0.3) is 11.8 Å². The van der Waals surface area contributed by atoms with Gasteiger partial charge in [-0.1, -0.05) is 5.16 Å². The van der Waals surface area contributed by atoms with Crippen LogP contribution in [0.5, 0.6) is 0 Å². The van der Waals surface area contributed by atoms with Crippen molar-refractivity contribution in [1.29, 1.82) is 0 Å². The molecule has 0 unspecified atom stereocenters. The van der Waals surface area contributed by atoms with Gasteiger partial charge in [0.15, 0.2) is 10.8 Å². The Morgan fingerprint density at radius 3 is 2.87 bits per heavy atom. The molecule has 11 nitrogen and oxygen atoms in total. The van der Waals surface area contributed by atoms with Crippen LogP contribution >= 0.6 is 34.9 Å². The van der Waals surface area contributed by atoms with E-state index >= 15 is 0 Å². The quantitative estimate of drug-likeness (QED) is 0.199. The van der Waals surface area contributed by atoms with Crippen molar-refractivity contribution in [3.05, 3.63) is 21.7 Å². The van der Waals surface area contributed by atoms with Crippen LogP contribution in [0.4, 0.5) is 5.13 Å². The van der Waals surface area contributed by atoms with E-state index in [1.165, 1.54) is 28.4 Å². The number of aliphatic carboxylic acids is 1. The van der Waals surface area contributed by atoms with Crippen LogP contribution in [0.2, 0.25) is 0 Å². The topological polar surface area (TPSA) is 150 Å². The van der Waals surface area contributed by atoms with Crippen molar-refractivity contribution in [2.75, 3.05) is 17.3 Å². The lowest BCUT2D eigenvalue weighted by atomic mass is 10.0. The largest absolute Gasteiger partial charge is 0.477 e. The van der Waals surface area contributed by atoms with E-state index in [0.717, 1.165) is 24.2 Å². The molecule has 3 aliphatic rings. The summed E-state index contributed by atoms with van der Waals surface area (Å²) < 4.78 is 0. The predicted octanol–water partition coefficient (Wildman–Crippen LogP) is 0.654. The number of carbonyl (C=O) groups excluding carboxylic acids is 3. The third kappa shape index (κ3) is 4.27. The third-order valence-electron chi connectivity index (χ3n) is 4.63. The fraction of sp³-hybridized carbons (Fsp3) is 0.412. The number of thiazole rings is 1. The molecule has 0 spiro atoms. The molecule has 3 amide bonds. The summed E-state index contributed by atoms with van der Waals surface area (Å²) in [5.41, 5.74) is 0.0398. The monoisotopic (exact) mass is 483 g/mol. The fourth-order valence-corrected chi connectivity index (χ4v) is 5.86. The number of nitrogens with one attached hydrogen (secondary N) is 2. The number of nitrogens with zero attached hydrogens (tertiary/aromatic N) is 3. The van der Waals surface area contributed by atoms with Crippen molar-refractivity contribution in [2.24, 2.45) is 5.16 Å². The smallest absolute Gasteiger partial charge is 0.353 e. The van der Waals surface area contributed by atoms with E-state index in [9.17, 15) is 24.3 Å². The molecule has 0 aromatic carbocycles. The number of amides is 3. The maximum absolute atomic E-state index is 12.9. The zero-order valence-corrected chi connectivity index (χ0v) is 18.5. The number of fused-ring (bicyclic) bond motifs is 1. The van der Waals surface area contributed by atoms with Crippen LogP contribution in [0.1, 0.15) is 18.5 Å². The predicted molar refractivity (Wildman–Crippen MR) is 116 cm³/mol. The van der Waals surface area contributed by atoms with Gasteiger partial charge in [-0.3, -0.25) is 19.3 Å². The highest BCUT2D eigenvalue weighted by Gasteiger charge is 2.54. The molecule has 1 saturated heterocycles. The molecule has 14 heteroatoms. The molecule has 164 valence electrons. The van der Waals surface area contributed by atoms with Gasteiger partial charge in [-0.25, -0.2) is 9.78 Å². The lowest BCUT2D eigenvalue weighted by molar-refractivity contribution is -0.150. The second-order valence-corrected chi connectivity index (χ2v) is 9.55. The zero-order chi connectivity index (χ0) is 22.1. The Bertz CT molecular complexity index is 1000. The van der Waals surface area contributed by atoms with Gasteiger partial charge < -0.3 is 20.6 Å². The minimum Gasteiger partial charge on any atom is -0.477 e. The molecule has 2 atom stereocenters. The molecule has 31 heavy (non-hydrogen) atoms. The van der Waals surface area contributed by atoms with Gasteiger partial charge in [0.1, 0.15) is 28.9 Å². The second kappa shape index (κ2) is 8.88. The Morgan fingerprint density at radius 1 is 1.45 bits per heavy atom. The number of β-lactam (4-membered cyclic amide) rings is 1. The van der Waals surface area contributed by atoms with Gasteiger partial charge in [0, 0.05) is 16.0 Å². The summed E-state index contributed by atoms with van der Waals surface area (Å²) in [6.45, 7) is 0. The molecule has 2 fully saturated rings. The summed E-state index contributed by atoms with van der Waals surface area (Å²) in [5, 5.41) is 19.8. The standard InChI is InChI=1S/C17H17N5O6S3/c1-29-9-5-30-15-11(14(25)22(15)12(9)16(26)27)20-13(24)10(21-28-7-2-3-7)8-4-31-17(19-8)18-6-23/h4,6-7,11,15H,2-3,5H2,1H3,(H,20,24)(H,26,27)(H,18,19,23)/t11-,15+/m1/s1. The van der Waals surface area contributed by atoms with Gasteiger partial charge in [-0.2, -0.15) is 0 Å². The number of hydrogen-bond acceptors (Lipinski definition) is 10. The normalized spacial score (nSPS) is 23.1. The van der Waals surface area contributed by atoms with E-state index in [4.69, 9.17) is 4.84 Å². The molecule has 0 radical (unpaired) electrons. The van der Waals surface area contributed by atoms with Gasteiger partial charge in [-0.15, -0.1) is 34.9 Å². The minimum atomic E-state index is -1.18. The molecule has 0 bridgehead atoms. The first kappa shape index (κ1) is 21.6. The van der Waals surface area contributed by atoms with E-state index in [-0.39, 0.29) is 28.3 Å². The number of carboxylic acid groups (broad SMARTS) is 1. The van der Waals surface area contributed by atoms with Crippen molar-refractivity contribution in [1.82, 2.24) is 15.2 Å². The van der Waals surface area contributed by atoms with Gasteiger partial charge >= 0.3 is 5.97 Å². The minimum absolute atomic E-state index is 0.0400. The van der Waals surface area contributed by atoms with E-state index in [2.05, 4.69) is 20.8 Å². The van der Waals surface area contributed by atoms with Crippen LogP contribution in [0.3, 0.4) is 0 Å². The highest BCUT2D eigenvalue weighted by atomic mass is 32.2. The van der Waals surface area contributed by atoms with Gasteiger partial charge in [0.05, 0.1) is 0 Å². The van der Waals surface area contributed by atoms with Crippen LogP contribution in [0, 0.1) is 0 Å². The Morgan fingerprint density at radius 2 is 2.23 bits per heavy atom. The fourth-order valence-electron chi connectivity index (χ4n) is 2.96. The number of rotatable bonds is 9. The average Bonchev–Trinajstić information content (AvgIpc) is 3.48. The highest BCUT2D eigenvalue weighted by Crippen LogP contribution is 2.42. The van der Waals surface area contributed by atoms with E-state index in [1.807, 2.05) is 0 Å². The number of carboxylic acids is 1. The van der Waals surface area contributed by atoms with Crippen molar-refractivity contribution >= 4 is 69.9 Å². The first-order valence-electron chi connectivity index (χ1n) is 9.10. The van der Waals surface area contributed by atoms with E-state index < -0.39 is 29.2 Å². The van der Waals surface area contributed by atoms with Crippen LogP contribution in [-0.2, 0) is 24.0 Å². The van der Waals surface area contributed by atoms with Crippen molar-refractivity contribution < 1.29 is 29.1 Å². The third-order valence-corrected chi connectivity index (χ3v) is 7.70. The van der Waals surface area contributed by atoms with Crippen LogP contribution in [-0.4, -0.2) is 74.4 Å². The van der Waals surface area contributed by atoms with Gasteiger partial charge in [-0.05, 0) is 19.1 Å². The number of anilines is 1. The van der Waals surface area contributed by atoms with Crippen LogP contribution in [0.15, 0.2) is 21.1 Å². The molecule has 1 aromatic rings. The van der Waals surface area contributed by atoms with E-state index in [1.54, 1.807) is 11.6 Å². The summed E-state index contributed by atoms with van der Waals surface area (Å²) in [4.78, 5) is 59.2. The Hall–Kier alpha value is -2.58. The molecule has 3 N–H and O–H groups in total. The summed E-state index contributed by atoms with van der Waals surface area (Å²) in [6.07, 6.45) is 3.84. The summed E-state index contributed by atoms with van der Waals surface area (Å²) in [6, 6.07) is -0.896. The number of aromatic nitrogens is 1. The summed E-state index contributed by atoms with van der Waals surface area (Å²) in [5.74, 6) is -1.91. The zero-order valence-electron chi connectivity index (χ0n) is 16.1. The van der Waals surface area contributed by atoms with Gasteiger partial charge in [0.2, 0.25) is 6.41 Å².